The standard InChI is InChI=1S/C19H12F2N4O2S/c1-25(23-10-12-6-7-13(20)8-15(12)18(26)27)19-24-16(17(21)28-19)14-5-3-2-4-11(14)9-22/h2-8,10H,1H3,(H,26,27)/b23-10+. The highest BCUT2D eigenvalue weighted by Gasteiger charge is 2.18. The van der Waals surface area contributed by atoms with Crippen molar-refractivity contribution < 1.29 is 18.7 Å². The van der Waals surface area contributed by atoms with Crippen LogP contribution in [-0.2, 0) is 0 Å². The van der Waals surface area contributed by atoms with Gasteiger partial charge in [-0.25, -0.2) is 19.2 Å². The minimum atomic E-state index is -1.29. The Morgan fingerprint density at radius 2 is 2.07 bits per heavy atom. The number of halogens is 2. The van der Waals surface area contributed by atoms with E-state index in [-0.39, 0.29) is 22.0 Å². The molecule has 1 heterocycles. The summed E-state index contributed by atoms with van der Waals surface area (Å²) in [5.41, 5.74) is 0.641. The van der Waals surface area contributed by atoms with Crippen molar-refractivity contribution >= 4 is 28.7 Å². The molecule has 0 unspecified atom stereocenters. The van der Waals surface area contributed by atoms with E-state index in [1.807, 2.05) is 6.07 Å². The van der Waals surface area contributed by atoms with Crippen molar-refractivity contribution in [1.29, 1.82) is 5.26 Å². The second kappa shape index (κ2) is 7.94. The SMILES string of the molecule is CN(/N=C/c1ccc(F)cc1C(=O)O)c1nc(-c2ccccc2C#N)c(F)s1. The summed E-state index contributed by atoms with van der Waals surface area (Å²) in [7, 11) is 1.51. The van der Waals surface area contributed by atoms with Gasteiger partial charge >= 0.3 is 5.97 Å². The molecule has 3 aromatic rings. The number of benzene rings is 2. The van der Waals surface area contributed by atoms with Crippen molar-refractivity contribution in [1.82, 2.24) is 4.98 Å². The summed E-state index contributed by atoms with van der Waals surface area (Å²) < 4.78 is 27.6. The monoisotopic (exact) mass is 398 g/mol. The molecule has 140 valence electrons. The lowest BCUT2D eigenvalue weighted by atomic mass is 10.1. The largest absolute Gasteiger partial charge is 0.478 e. The zero-order valence-electron chi connectivity index (χ0n) is 14.4. The van der Waals surface area contributed by atoms with Crippen LogP contribution >= 0.6 is 11.3 Å². The zero-order valence-corrected chi connectivity index (χ0v) is 15.2. The topological polar surface area (TPSA) is 89.6 Å². The number of hydrogen-bond acceptors (Lipinski definition) is 6. The van der Waals surface area contributed by atoms with Crippen molar-refractivity contribution in [2.75, 3.05) is 12.1 Å². The lowest BCUT2D eigenvalue weighted by Crippen LogP contribution is -2.10. The first-order chi connectivity index (χ1) is 13.4. The number of nitriles is 1. The number of carbonyl (C=O) groups is 1. The number of hydrazone groups is 1. The molecule has 0 atom stereocenters. The van der Waals surface area contributed by atoms with E-state index in [0.717, 1.165) is 23.5 Å². The Kier molecular flexibility index (Phi) is 5.42. The molecule has 9 heteroatoms. The Balaban J connectivity index is 1.91. The normalized spacial score (nSPS) is 10.8. The van der Waals surface area contributed by atoms with Crippen molar-refractivity contribution in [3.05, 3.63) is 70.1 Å². The molecule has 0 saturated heterocycles. The van der Waals surface area contributed by atoms with Gasteiger partial charge in [0, 0.05) is 18.2 Å². The summed E-state index contributed by atoms with van der Waals surface area (Å²) in [6, 6.07) is 11.8. The van der Waals surface area contributed by atoms with Crippen molar-refractivity contribution in [3.63, 3.8) is 0 Å². The van der Waals surface area contributed by atoms with Crippen LogP contribution in [-0.4, -0.2) is 29.3 Å². The van der Waals surface area contributed by atoms with Crippen LogP contribution in [0.15, 0.2) is 47.6 Å². The summed E-state index contributed by atoms with van der Waals surface area (Å²) >= 11 is 0.733. The number of carboxylic acid groups (broad SMARTS) is 1. The van der Waals surface area contributed by atoms with E-state index in [0.29, 0.717) is 11.1 Å². The molecule has 0 bridgehead atoms. The van der Waals surface area contributed by atoms with Crippen LogP contribution in [0.3, 0.4) is 0 Å². The third-order valence-electron chi connectivity index (χ3n) is 3.77. The van der Waals surface area contributed by atoms with Gasteiger partial charge in [0.25, 0.3) is 0 Å². The molecule has 2 aromatic carbocycles. The van der Waals surface area contributed by atoms with E-state index in [9.17, 15) is 18.8 Å². The minimum absolute atomic E-state index is 0.0345. The van der Waals surface area contributed by atoms with Crippen LogP contribution in [0.5, 0.6) is 0 Å². The van der Waals surface area contributed by atoms with Gasteiger partial charge in [0.05, 0.1) is 23.4 Å². The first-order valence-corrected chi connectivity index (χ1v) is 8.68. The predicted octanol–water partition coefficient (Wildman–Crippen LogP) is 4.13. The quantitative estimate of drug-likeness (QED) is 0.516. The Morgan fingerprint density at radius 1 is 1.32 bits per heavy atom. The average Bonchev–Trinajstić information content (AvgIpc) is 3.08. The second-order valence-electron chi connectivity index (χ2n) is 5.58. The van der Waals surface area contributed by atoms with Gasteiger partial charge in [-0.15, -0.1) is 0 Å². The number of rotatable bonds is 5. The summed E-state index contributed by atoms with van der Waals surface area (Å²) in [6.07, 6.45) is 1.23. The van der Waals surface area contributed by atoms with E-state index in [4.69, 9.17) is 5.11 Å². The smallest absolute Gasteiger partial charge is 0.336 e. The number of nitrogens with zero attached hydrogens (tertiary/aromatic N) is 4. The van der Waals surface area contributed by atoms with Crippen LogP contribution in [0.25, 0.3) is 11.3 Å². The predicted molar refractivity (Wildman–Crippen MR) is 102 cm³/mol. The molecule has 0 amide bonds. The van der Waals surface area contributed by atoms with E-state index >= 15 is 0 Å². The molecule has 28 heavy (non-hydrogen) atoms. The Hall–Kier alpha value is -3.64. The first kappa shape index (κ1) is 19.1. The zero-order chi connectivity index (χ0) is 20.3. The van der Waals surface area contributed by atoms with Gasteiger partial charge < -0.3 is 5.11 Å². The molecule has 0 aliphatic carbocycles. The second-order valence-corrected chi connectivity index (χ2v) is 6.51. The van der Waals surface area contributed by atoms with Gasteiger partial charge in [0.1, 0.15) is 11.5 Å². The highest BCUT2D eigenvalue weighted by atomic mass is 32.1. The van der Waals surface area contributed by atoms with E-state index in [1.165, 1.54) is 24.3 Å². The number of carboxylic acids is 1. The molecule has 0 aliphatic rings. The maximum Gasteiger partial charge on any atom is 0.336 e. The Morgan fingerprint density at radius 3 is 2.79 bits per heavy atom. The van der Waals surface area contributed by atoms with Crippen LogP contribution in [0.4, 0.5) is 13.9 Å². The highest BCUT2D eigenvalue weighted by Crippen LogP contribution is 2.32. The Labute approximate surface area is 162 Å². The summed E-state index contributed by atoms with van der Waals surface area (Å²) in [5.74, 6) is -1.97. The number of aromatic nitrogens is 1. The summed E-state index contributed by atoms with van der Waals surface area (Å²) in [4.78, 5) is 15.4. The lowest BCUT2D eigenvalue weighted by Gasteiger charge is -2.08. The molecular weight excluding hydrogens is 386 g/mol. The first-order valence-electron chi connectivity index (χ1n) is 7.87. The summed E-state index contributed by atoms with van der Waals surface area (Å²) in [5, 5.41) is 23.3. The number of hydrogen-bond donors (Lipinski definition) is 1. The molecule has 0 fully saturated rings. The maximum absolute atomic E-state index is 14.4. The van der Waals surface area contributed by atoms with Gasteiger partial charge in [0.15, 0.2) is 0 Å². The van der Waals surface area contributed by atoms with Gasteiger partial charge in [-0.2, -0.15) is 14.8 Å². The molecule has 0 radical (unpaired) electrons. The minimum Gasteiger partial charge on any atom is -0.478 e. The fourth-order valence-corrected chi connectivity index (χ4v) is 3.14. The van der Waals surface area contributed by atoms with Crippen molar-refractivity contribution in [2.45, 2.75) is 0 Å². The molecule has 1 aromatic heterocycles. The maximum atomic E-state index is 14.4. The van der Waals surface area contributed by atoms with Crippen molar-refractivity contribution in [3.8, 4) is 17.3 Å². The van der Waals surface area contributed by atoms with Crippen LogP contribution in [0.1, 0.15) is 21.5 Å². The fraction of sp³-hybridized carbons (Fsp3) is 0.0526. The van der Waals surface area contributed by atoms with Crippen molar-refractivity contribution in [2.24, 2.45) is 5.10 Å². The molecule has 0 spiro atoms. The fourth-order valence-electron chi connectivity index (χ4n) is 2.41. The molecule has 6 nitrogen and oxygen atoms in total. The summed E-state index contributed by atoms with van der Waals surface area (Å²) in [6.45, 7) is 0. The number of aromatic carboxylic acids is 1. The number of thiazole rings is 1. The Bertz CT molecular complexity index is 1120. The highest BCUT2D eigenvalue weighted by molar-refractivity contribution is 7.14. The van der Waals surface area contributed by atoms with Gasteiger partial charge in [0.2, 0.25) is 10.3 Å². The molecule has 0 aliphatic heterocycles. The van der Waals surface area contributed by atoms with Crippen LogP contribution in [0, 0.1) is 22.3 Å². The molecular formula is C19H12F2N4O2S. The van der Waals surface area contributed by atoms with E-state index in [2.05, 4.69) is 10.1 Å². The van der Waals surface area contributed by atoms with Crippen LogP contribution < -0.4 is 5.01 Å². The van der Waals surface area contributed by atoms with Gasteiger partial charge in [-0.05, 0) is 24.3 Å². The number of anilines is 1. The molecule has 1 N–H and O–H groups in total. The van der Waals surface area contributed by atoms with E-state index in [1.54, 1.807) is 24.3 Å². The molecule has 3 rings (SSSR count). The third-order valence-corrected chi connectivity index (χ3v) is 4.68. The van der Waals surface area contributed by atoms with E-state index < -0.39 is 16.9 Å². The van der Waals surface area contributed by atoms with Gasteiger partial charge in [-0.1, -0.05) is 29.5 Å². The third kappa shape index (κ3) is 3.87. The van der Waals surface area contributed by atoms with Gasteiger partial charge in [-0.3, -0.25) is 0 Å². The van der Waals surface area contributed by atoms with Crippen LogP contribution in [0.2, 0.25) is 0 Å². The molecule has 0 saturated carbocycles. The average molecular weight is 398 g/mol. The lowest BCUT2D eigenvalue weighted by molar-refractivity contribution is 0.0696.